The van der Waals surface area contributed by atoms with E-state index in [1.54, 1.807) is 11.3 Å². The van der Waals surface area contributed by atoms with Gasteiger partial charge < -0.3 is 11.1 Å². The molecule has 2 aromatic heterocycles. The minimum absolute atomic E-state index is 0.0738. The number of hydrogen-bond acceptors (Lipinski definition) is 5. The number of carbonyl (C=O) groups is 1. The minimum Gasteiger partial charge on any atom is -0.368 e. The fourth-order valence-corrected chi connectivity index (χ4v) is 3.43. The van der Waals surface area contributed by atoms with E-state index in [9.17, 15) is 4.79 Å². The largest absolute Gasteiger partial charge is 0.368 e. The predicted octanol–water partition coefficient (Wildman–Crippen LogP) is 3.28. The average Bonchev–Trinajstić information content (AvgIpc) is 2.97. The Morgan fingerprint density at radius 2 is 1.96 bits per heavy atom. The third-order valence-corrected chi connectivity index (χ3v) is 4.75. The van der Waals surface area contributed by atoms with E-state index in [2.05, 4.69) is 33.5 Å². The summed E-state index contributed by atoms with van der Waals surface area (Å²) in [6, 6.07) is 11.7. The van der Waals surface area contributed by atoms with Gasteiger partial charge in [-0.25, -0.2) is 9.97 Å². The van der Waals surface area contributed by atoms with Crippen molar-refractivity contribution >= 4 is 33.3 Å². The predicted molar refractivity (Wildman–Crippen MR) is 94.3 cm³/mol. The Balaban J connectivity index is 2.02. The first-order valence-corrected chi connectivity index (χ1v) is 8.23. The van der Waals surface area contributed by atoms with Crippen LogP contribution in [-0.4, -0.2) is 21.9 Å². The fraction of sp³-hybridized carbons (Fsp3) is 0.235. The number of benzene rings is 1. The maximum atomic E-state index is 11.6. The third kappa shape index (κ3) is 3.17. The number of anilines is 1. The van der Waals surface area contributed by atoms with Crippen molar-refractivity contribution in [3.63, 3.8) is 0 Å². The van der Waals surface area contributed by atoms with E-state index in [1.807, 2.05) is 32.0 Å². The van der Waals surface area contributed by atoms with Crippen molar-refractivity contribution in [2.24, 2.45) is 11.7 Å². The Labute approximate surface area is 138 Å². The van der Waals surface area contributed by atoms with Gasteiger partial charge in [0.25, 0.3) is 0 Å². The van der Waals surface area contributed by atoms with Crippen LogP contribution >= 0.6 is 11.3 Å². The number of carbonyl (C=O) groups excluding carboxylic acids is 1. The minimum atomic E-state index is -0.465. The van der Waals surface area contributed by atoms with E-state index in [4.69, 9.17) is 5.73 Å². The van der Waals surface area contributed by atoms with E-state index in [1.165, 1.54) is 6.33 Å². The summed E-state index contributed by atoms with van der Waals surface area (Å²) in [6.45, 7) is 3.90. The van der Waals surface area contributed by atoms with Gasteiger partial charge in [0.05, 0.1) is 5.39 Å². The van der Waals surface area contributed by atoms with Gasteiger partial charge in [0.15, 0.2) is 0 Å². The maximum absolute atomic E-state index is 11.6. The number of hydrogen-bond donors (Lipinski definition) is 2. The highest BCUT2D eigenvalue weighted by atomic mass is 32.1. The number of aromatic nitrogens is 2. The van der Waals surface area contributed by atoms with Gasteiger partial charge in [-0.05, 0) is 17.5 Å². The van der Waals surface area contributed by atoms with Gasteiger partial charge in [-0.1, -0.05) is 44.2 Å². The second-order valence-electron chi connectivity index (χ2n) is 5.69. The SMILES string of the molecule is CC(C)C(Nc1ncnc2sc(-c3ccccc3)cc12)C(N)=O. The summed E-state index contributed by atoms with van der Waals surface area (Å²) in [5.41, 5.74) is 6.62. The summed E-state index contributed by atoms with van der Waals surface area (Å²) in [5.74, 6) is 0.334. The van der Waals surface area contributed by atoms with Gasteiger partial charge in [0, 0.05) is 4.88 Å². The van der Waals surface area contributed by atoms with E-state index in [0.29, 0.717) is 5.82 Å². The van der Waals surface area contributed by atoms with Crippen molar-refractivity contribution in [3.05, 3.63) is 42.7 Å². The first kappa shape index (κ1) is 15.4. The lowest BCUT2D eigenvalue weighted by molar-refractivity contribution is -0.119. The molecular formula is C17H18N4OS. The quantitative estimate of drug-likeness (QED) is 0.754. The van der Waals surface area contributed by atoms with Crippen molar-refractivity contribution in [1.82, 2.24) is 9.97 Å². The Morgan fingerprint density at radius 3 is 2.61 bits per heavy atom. The molecule has 5 nitrogen and oxygen atoms in total. The van der Waals surface area contributed by atoms with E-state index < -0.39 is 6.04 Å². The van der Waals surface area contributed by atoms with Gasteiger partial charge in [-0.2, -0.15) is 0 Å². The molecule has 0 aliphatic carbocycles. The molecular weight excluding hydrogens is 308 g/mol. The summed E-state index contributed by atoms with van der Waals surface area (Å²) < 4.78 is 0. The van der Waals surface area contributed by atoms with Gasteiger partial charge in [0.1, 0.15) is 23.0 Å². The van der Waals surface area contributed by atoms with Crippen molar-refractivity contribution in [2.75, 3.05) is 5.32 Å². The smallest absolute Gasteiger partial charge is 0.240 e. The lowest BCUT2D eigenvalue weighted by Gasteiger charge is -2.19. The second kappa shape index (κ2) is 6.34. The Bertz CT molecular complexity index is 829. The molecule has 118 valence electrons. The summed E-state index contributed by atoms with van der Waals surface area (Å²) in [7, 11) is 0. The number of amides is 1. The van der Waals surface area contributed by atoms with Gasteiger partial charge in [-0.3, -0.25) is 4.79 Å². The molecule has 1 atom stereocenters. The molecule has 2 heterocycles. The topological polar surface area (TPSA) is 80.9 Å². The number of fused-ring (bicyclic) bond motifs is 1. The molecule has 23 heavy (non-hydrogen) atoms. The Morgan fingerprint density at radius 1 is 1.22 bits per heavy atom. The molecule has 0 aliphatic rings. The highest BCUT2D eigenvalue weighted by molar-refractivity contribution is 7.21. The van der Waals surface area contributed by atoms with Crippen LogP contribution < -0.4 is 11.1 Å². The molecule has 1 aromatic carbocycles. The third-order valence-electron chi connectivity index (χ3n) is 3.65. The molecule has 0 bridgehead atoms. The summed E-state index contributed by atoms with van der Waals surface area (Å²) in [4.78, 5) is 22.3. The molecule has 0 radical (unpaired) electrons. The van der Waals surface area contributed by atoms with Crippen LogP contribution in [0.4, 0.5) is 5.82 Å². The molecule has 3 N–H and O–H groups in total. The van der Waals surface area contributed by atoms with Gasteiger partial charge >= 0.3 is 0 Å². The molecule has 1 amide bonds. The molecule has 0 saturated carbocycles. The Kier molecular flexibility index (Phi) is 4.25. The van der Waals surface area contributed by atoms with Crippen molar-refractivity contribution in [2.45, 2.75) is 19.9 Å². The molecule has 0 aliphatic heterocycles. The van der Waals surface area contributed by atoms with E-state index in [-0.39, 0.29) is 11.8 Å². The number of primary amides is 1. The zero-order chi connectivity index (χ0) is 16.4. The number of nitrogens with two attached hydrogens (primary N) is 1. The van der Waals surface area contributed by atoms with Gasteiger partial charge in [-0.15, -0.1) is 11.3 Å². The lowest BCUT2D eigenvalue weighted by atomic mass is 10.0. The highest BCUT2D eigenvalue weighted by Gasteiger charge is 2.21. The zero-order valence-electron chi connectivity index (χ0n) is 13.0. The lowest BCUT2D eigenvalue weighted by Crippen LogP contribution is -2.39. The number of thiophene rings is 1. The van der Waals surface area contributed by atoms with Crippen molar-refractivity contribution in [1.29, 1.82) is 0 Å². The summed E-state index contributed by atoms with van der Waals surface area (Å²) in [5, 5.41) is 4.07. The van der Waals surface area contributed by atoms with Crippen LogP contribution in [-0.2, 0) is 4.79 Å². The second-order valence-corrected chi connectivity index (χ2v) is 6.72. The van der Waals surface area contributed by atoms with Crippen LogP contribution in [0.2, 0.25) is 0 Å². The molecule has 0 spiro atoms. The van der Waals surface area contributed by atoms with Crippen LogP contribution in [0, 0.1) is 5.92 Å². The molecule has 6 heteroatoms. The van der Waals surface area contributed by atoms with Crippen LogP contribution in [0.5, 0.6) is 0 Å². The Hall–Kier alpha value is -2.47. The van der Waals surface area contributed by atoms with Crippen LogP contribution in [0.1, 0.15) is 13.8 Å². The van der Waals surface area contributed by atoms with E-state index >= 15 is 0 Å². The molecule has 3 aromatic rings. The molecule has 0 fully saturated rings. The molecule has 0 saturated heterocycles. The van der Waals surface area contributed by atoms with Crippen LogP contribution in [0.25, 0.3) is 20.7 Å². The highest BCUT2D eigenvalue weighted by Crippen LogP contribution is 2.35. The van der Waals surface area contributed by atoms with Crippen LogP contribution in [0.15, 0.2) is 42.7 Å². The first-order valence-electron chi connectivity index (χ1n) is 7.42. The zero-order valence-corrected chi connectivity index (χ0v) is 13.8. The number of nitrogens with one attached hydrogen (secondary N) is 1. The molecule has 1 unspecified atom stereocenters. The van der Waals surface area contributed by atoms with Crippen LogP contribution in [0.3, 0.4) is 0 Å². The number of nitrogens with zero attached hydrogens (tertiary/aromatic N) is 2. The monoisotopic (exact) mass is 326 g/mol. The summed E-state index contributed by atoms with van der Waals surface area (Å²) in [6.07, 6.45) is 1.51. The average molecular weight is 326 g/mol. The van der Waals surface area contributed by atoms with Gasteiger partial charge in [0.2, 0.25) is 5.91 Å². The fourth-order valence-electron chi connectivity index (χ4n) is 2.43. The summed E-state index contributed by atoms with van der Waals surface area (Å²) >= 11 is 1.60. The van der Waals surface area contributed by atoms with Crippen molar-refractivity contribution in [3.8, 4) is 10.4 Å². The first-order chi connectivity index (χ1) is 11.1. The maximum Gasteiger partial charge on any atom is 0.240 e. The van der Waals surface area contributed by atoms with Crippen molar-refractivity contribution < 1.29 is 4.79 Å². The number of rotatable bonds is 5. The molecule has 3 rings (SSSR count). The standard InChI is InChI=1S/C17H18N4OS/c1-10(2)14(15(18)22)21-16-12-8-13(11-6-4-3-5-7-11)23-17(12)20-9-19-16/h3-10,14H,1-2H3,(H2,18,22)(H,19,20,21). The normalized spacial score (nSPS) is 12.5. The van der Waals surface area contributed by atoms with E-state index in [0.717, 1.165) is 20.7 Å².